The Bertz CT molecular complexity index is 409. The highest BCUT2D eigenvalue weighted by molar-refractivity contribution is 6.30. The predicted molar refractivity (Wildman–Crippen MR) is 84.0 cm³/mol. The summed E-state index contributed by atoms with van der Waals surface area (Å²) in [6.45, 7) is 11.0. The van der Waals surface area contributed by atoms with Crippen LogP contribution in [0.2, 0.25) is 5.02 Å². The summed E-state index contributed by atoms with van der Waals surface area (Å²) in [6, 6.07) is 6.29. The first-order chi connectivity index (χ1) is 9.10. The van der Waals surface area contributed by atoms with E-state index in [2.05, 4.69) is 43.1 Å². The maximum absolute atomic E-state index is 6.15. The van der Waals surface area contributed by atoms with Crippen molar-refractivity contribution < 1.29 is 0 Å². The second-order valence-electron chi connectivity index (χ2n) is 5.90. The smallest absolute Gasteiger partial charge is 0.0413 e. The standard InChI is InChI=1S/C16H25ClN2/c1-4-18-9-14-8-15(17)5-6-16(14)19-10-12(2)7-13(3)11-19/h5-6,8,12-13,18H,4,7,9-11H2,1-3H3. The number of hydrogen-bond donors (Lipinski definition) is 1. The maximum Gasteiger partial charge on any atom is 0.0413 e. The molecule has 1 N–H and O–H groups in total. The SMILES string of the molecule is CCNCc1cc(Cl)ccc1N1CC(C)CC(C)C1. The second kappa shape index (κ2) is 6.62. The van der Waals surface area contributed by atoms with Crippen LogP contribution in [0.3, 0.4) is 0 Å². The summed E-state index contributed by atoms with van der Waals surface area (Å²) in [7, 11) is 0. The molecule has 0 amide bonds. The zero-order valence-corrected chi connectivity index (χ0v) is 13.0. The summed E-state index contributed by atoms with van der Waals surface area (Å²) >= 11 is 6.15. The molecule has 1 aromatic rings. The molecule has 1 aromatic carbocycles. The van der Waals surface area contributed by atoms with Gasteiger partial charge in [0.2, 0.25) is 0 Å². The summed E-state index contributed by atoms with van der Waals surface area (Å²) in [5.74, 6) is 1.54. The van der Waals surface area contributed by atoms with Crippen LogP contribution < -0.4 is 10.2 Å². The molecule has 106 valence electrons. The van der Waals surface area contributed by atoms with Crippen LogP contribution >= 0.6 is 11.6 Å². The quantitative estimate of drug-likeness (QED) is 0.899. The number of nitrogens with one attached hydrogen (secondary N) is 1. The van der Waals surface area contributed by atoms with Gasteiger partial charge in [0.05, 0.1) is 0 Å². The first kappa shape index (κ1) is 14.7. The van der Waals surface area contributed by atoms with Gasteiger partial charge in [-0.2, -0.15) is 0 Å². The molecule has 1 saturated heterocycles. The van der Waals surface area contributed by atoms with E-state index in [4.69, 9.17) is 11.6 Å². The molecule has 2 atom stereocenters. The molecule has 1 heterocycles. The lowest BCUT2D eigenvalue weighted by molar-refractivity contribution is 0.356. The molecule has 19 heavy (non-hydrogen) atoms. The highest BCUT2D eigenvalue weighted by Crippen LogP contribution is 2.30. The molecule has 0 spiro atoms. The third kappa shape index (κ3) is 3.87. The van der Waals surface area contributed by atoms with Gasteiger partial charge in [-0.1, -0.05) is 32.4 Å². The van der Waals surface area contributed by atoms with Gasteiger partial charge in [-0.3, -0.25) is 0 Å². The summed E-state index contributed by atoms with van der Waals surface area (Å²) in [4.78, 5) is 2.53. The van der Waals surface area contributed by atoms with Crippen molar-refractivity contribution in [1.82, 2.24) is 5.32 Å². The van der Waals surface area contributed by atoms with Crippen LogP contribution in [0.5, 0.6) is 0 Å². The van der Waals surface area contributed by atoms with E-state index in [1.165, 1.54) is 17.7 Å². The largest absolute Gasteiger partial charge is 0.371 e. The van der Waals surface area contributed by atoms with Gasteiger partial charge in [0.15, 0.2) is 0 Å². The zero-order chi connectivity index (χ0) is 13.8. The summed E-state index contributed by atoms with van der Waals surface area (Å²) in [5, 5.41) is 4.24. The van der Waals surface area contributed by atoms with Gasteiger partial charge in [0.25, 0.3) is 0 Å². The average Bonchev–Trinajstić information content (AvgIpc) is 2.35. The van der Waals surface area contributed by atoms with Crippen LogP contribution in [0.25, 0.3) is 0 Å². The fourth-order valence-electron chi connectivity index (χ4n) is 3.12. The summed E-state index contributed by atoms with van der Waals surface area (Å²) in [5.41, 5.74) is 2.67. The van der Waals surface area contributed by atoms with E-state index in [9.17, 15) is 0 Å². The van der Waals surface area contributed by atoms with Gasteiger partial charge in [0.1, 0.15) is 0 Å². The van der Waals surface area contributed by atoms with E-state index in [-0.39, 0.29) is 0 Å². The van der Waals surface area contributed by atoms with Gasteiger partial charge in [-0.05, 0) is 48.6 Å². The fraction of sp³-hybridized carbons (Fsp3) is 0.625. The van der Waals surface area contributed by atoms with Crippen molar-refractivity contribution >= 4 is 17.3 Å². The Morgan fingerprint density at radius 1 is 1.26 bits per heavy atom. The Labute approximate surface area is 122 Å². The topological polar surface area (TPSA) is 15.3 Å². The minimum Gasteiger partial charge on any atom is -0.371 e. The Hall–Kier alpha value is -0.730. The van der Waals surface area contributed by atoms with Gasteiger partial charge in [-0.15, -0.1) is 0 Å². The molecular formula is C16H25ClN2. The monoisotopic (exact) mass is 280 g/mol. The van der Waals surface area contributed by atoms with Crippen molar-refractivity contribution in [2.45, 2.75) is 33.7 Å². The lowest BCUT2D eigenvalue weighted by Crippen LogP contribution is -2.39. The van der Waals surface area contributed by atoms with E-state index in [1.807, 2.05) is 6.07 Å². The van der Waals surface area contributed by atoms with E-state index in [0.717, 1.165) is 43.0 Å². The van der Waals surface area contributed by atoms with Crippen molar-refractivity contribution in [3.63, 3.8) is 0 Å². The molecule has 1 aliphatic heterocycles. The van der Waals surface area contributed by atoms with Gasteiger partial charge in [-0.25, -0.2) is 0 Å². The molecule has 2 rings (SSSR count). The number of nitrogens with zero attached hydrogens (tertiary/aromatic N) is 1. The predicted octanol–water partition coefficient (Wildman–Crippen LogP) is 3.93. The molecule has 2 nitrogen and oxygen atoms in total. The third-order valence-electron chi connectivity index (χ3n) is 3.82. The number of halogens is 1. The van der Waals surface area contributed by atoms with Crippen molar-refractivity contribution in [2.75, 3.05) is 24.5 Å². The van der Waals surface area contributed by atoms with Crippen LogP contribution in [-0.2, 0) is 6.54 Å². The van der Waals surface area contributed by atoms with Crippen LogP contribution in [-0.4, -0.2) is 19.6 Å². The zero-order valence-electron chi connectivity index (χ0n) is 12.2. The molecule has 3 heteroatoms. The molecule has 0 saturated carbocycles. The number of benzene rings is 1. The fourth-order valence-corrected chi connectivity index (χ4v) is 3.32. The first-order valence-electron chi connectivity index (χ1n) is 7.34. The Kier molecular flexibility index (Phi) is 5.12. The molecule has 0 bridgehead atoms. The van der Waals surface area contributed by atoms with Gasteiger partial charge >= 0.3 is 0 Å². The lowest BCUT2D eigenvalue weighted by Gasteiger charge is -2.37. The molecule has 1 fully saturated rings. The number of anilines is 1. The molecule has 0 aromatic heterocycles. The van der Waals surface area contributed by atoms with Crippen LogP contribution in [0.15, 0.2) is 18.2 Å². The number of piperidine rings is 1. The van der Waals surface area contributed by atoms with Crippen molar-refractivity contribution in [3.8, 4) is 0 Å². The van der Waals surface area contributed by atoms with E-state index in [1.54, 1.807) is 0 Å². The molecule has 0 radical (unpaired) electrons. The van der Waals surface area contributed by atoms with Crippen molar-refractivity contribution in [3.05, 3.63) is 28.8 Å². The van der Waals surface area contributed by atoms with Crippen LogP contribution in [0.1, 0.15) is 32.8 Å². The van der Waals surface area contributed by atoms with Crippen molar-refractivity contribution in [2.24, 2.45) is 11.8 Å². The molecule has 2 unspecified atom stereocenters. The van der Waals surface area contributed by atoms with Gasteiger partial charge < -0.3 is 10.2 Å². The third-order valence-corrected chi connectivity index (χ3v) is 4.05. The molecular weight excluding hydrogens is 256 g/mol. The van der Waals surface area contributed by atoms with E-state index >= 15 is 0 Å². The molecule has 0 aliphatic carbocycles. The van der Waals surface area contributed by atoms with E-state index < -0.39 is 0 Å². The highest BCUT2D eigenvalue weighted by Gasteiger charge is 2.23. The van der Waals surface area contributed by atoms with E-state index in [0.29, 0.717) is 0 Å². The molecule has 1 aliphatic rings. The second-order valence-corrected chi connectivity index (χ2v) is 6.34. The summed E-state index contributed by atoms with van der Waals surface area (Å²) < 4.78 is 0. The average molecular weight is 281 g/mol. The maximum atomic E-state index is 6.15. The Balaban J connectivity index is 2.22. The van der Waals surface area contributed by atoms with Gasteiger partial charge in [0, 0.05) is 30.3 Å². The van der Waals surface area contributed by atoms with Crippen molar-refractivity contribution in [1.29, 1.82) is 0 Å². The summed E-state index contributed by atoms with van der Waals surface area (Å²) in [6.07, 6.45) is 1.34. The normalized spacial score (nSPS) is 23.7. The number of rotatable bonds is 4. The van der Waals surface area contributed by atoms with Crippen LogP contribution in [0.4, 0.5) is 5.69 Å². The highest BCUT2D eigenvalue weighted by atomic mass is 35.5. The van der Waals surface area contributed by atoms with Crippen LogP contribution in [0, 0.1) is 11.8 Å². The lowest BCUT2D eigenvalue weighted by atomic mass is 9.91. The number of hydrogen-bond acceptors (Lipinski definition) is 2. The minimum atomic E-state index is 0.770. The Morgan fingerprint density at radius 2 is 1.95 bits per heavy atom. The first-order valence-corrected chi connectivity index (χ1v) is 7.72. The Morgan fingerprint density at radius 3 is 2.58 bits per heavy atom. The minimum absolute atomic E-state index is 0.770.